The number of hydrogen-bond donors (Lipinski definition) is 2. The average molecular weight is 283 g/mol. The summed E-state index contributed by atoms with van der Waals surface area (Å²) in [6.45, 7) is 0.440. The Morgan fingerprint density at radius 3 is 2.58 bits per heavy atom. The number of hydrogen-bond acceptors (Lipinski definition) is 3. The van der Waals surface area contributed by atoms with E-state index in [4.69, 9.17) is 5.11 Å². The van der Waals surface area contributed by atoms with Crippen LogP contribution in [0.2, 0.25) is 0 Å². The van der Waals surface area contributed by atoms with Crippen LogP contribution < -0.4 is 5.32 Å². The van der Waals surface area contributed by atoms with Gasteiger partial charge in [0.25, 0.3) is 0 Å². The molecule has 0 atom stereocenters. The van der Waals surface area contributed by atoms with Gasteiger partial charge in [-0.2, -0.15) is 0 Å². The predicted molar refractivity (Wildman–Crippen MR) is 69.3 cm³/mol. The number of rotatable bonds is 5. The fraction of sp³-hybridized carbons (Fsp3) is 0.154. The van der Waals surface area contributed by atoms with Gasteiger partial charge in [-0.15, -0.1) is 11.3 Å². The van der Waals surface area contributed by atoms with Crippen molar-refractivity contribution in [2.75, 3.05) is 5.32 Å². The van der Waals surface area contributed by atoms with Gasteiger partial charge in [0.15, 0.2) is 11.6 Å². The second-order valence-electron chi connectivity index (χ2n) is 3.92. The number of benzene rings is 1. The molecule has 0 bridgehead atoms. The van der Waals surface area contributed by atoms with E-state index in [1.54, 1.807) is 6.07 Å². The fourth-order valence-electron chi connectivity index (χ4n) is 1.56. The number of carboxylic acids is 1. The Morgan fingerprint density at radius 1 is 1.16 bits per heavy atom. The van der Waals surface area contributed by atoms with Crippen LogP contribution in [-0.2, 0) is 17.8 Å². The van der Waals surface area contributed by atoms with E-state index >= 15 is 0 Å². The maximum absolute atomic E-state index is 13.0. The first-order valence-corrected chi connectivity index (χ1v) is 6.34. The van der Waals surface area contributed by atoms with Gasteiger partial charge in [-0.1, -0.05) is 0 Å². The van der Waals surface area contributed by atoms with Crippen LogP contribution in [0.1, 0.15) is 9.75 Å². The molecule has 2 aromatic rings. The molecule has 1 heterocycles. The van der Waals surface area contributed by atoms with E-state index < -0.39 is 17.6 Å². The Kier molecular flexibility index (Phi) is 4.11. The molecule has 0 unspecified atom stereocenters. The first-order valence-electron chi connectivity index (χ1n) is 5.53. The summed E-state index contributed by atoms with van der Waals surface area (Å²) in [6.07, 6.45) is -0.00412. The summed E-state index contributed by atoms with van der Waals surface area (Å²) in [5.41, 5.74) is 0.479. The molecule has 6 heteroatoms. The Hall–Kier alpha value is -1.95. The van der Waals surface area contributed by atoms with Gasteiger partial charge in [0.2, 0.25) is 0 Å². The van der Waals surface area contributed by atoms with Crippen molar-refractivity contribution in [3.63, 3.8) is 0 Å². The minimum atomic E-state index is -0.900. The Morgan fingerprint density at radius 2 is 1.89 bits per heavy atom. The number of anilines is 1. The standard InChI is InChI=1S/C13H11F2NO2S/c14-11-4-1-8(5-12(11)15)16-7-10-3-2-9(19-10)6-13(17)18/h1-5,16H,6-7H2,(H,17,18). The van der Waals surface area contributed by atoms with E-state index in [0.29, 0.717) is 12.2 Å². The maximum atomic E-state index is 13.0. The molecule has 0 amide bonds. The molecular weight excluding hydrogens is 272 g/mol. The minimum absolute atomic E-state index is 0.00412. The van der Waals surface area contributed by atoms with Crippen molar-refractivity contribution in [3.05, 3.63) is 51.7 Å². The second-order valence-corrected chi connectivity index (χ2v) is 5.17. The Labute approximate surface area is 112 Å². The molecule has 0 aliphatic rings. The number of carbonyl (C=O) groups is 1. The molecule has 0 saturated carbocycles. The molecule has 2 rings (SSSR count). The predicted octanol–water partition coefficient (Wildman–Crippen LogP) is 3.27. The third-order valence-corrected chi connectivity index (χ3v) is 3.51. The van der Waals surface area contributed by atoms with Crippen molar-refractivity contribution in [3.8, 4) is 0 Å². The molecule has 1 aromatic carbocycles. The Bertz CT molecular complexity index is 598. The van der Waals surface area contributed by atoms with Crippen molar-refractivity contribution in [2.24, 2.45) is 0 Å². The lowest BCUT2D eigenvalue weighted by atomic mass is 10.3. The molecule has 0 fully saturated rings. The van der Waals surface area contributed by atoms with Gasteiger partial charge >= 0.3 is 5.97 Å². The van der Waals surface area contributed by atoms with E-state index in [-0.39, 0.29) is 6.42 Å². The van der Waals surface area contributed by atoms with E-state index in [1.807, 2.05) is 6.07 Å². The van der Waals surface area contributed by atoms with E-state index in [0.717, 1.165) is 21.9 Å². The largest absolute Gasteiger partial charge is 0.481 e. The molecule has 0 aliphatic carbocycles. The van der Waals surface area contributed by atoms with Crippen LogP contribution in [-0.4, -0.2) is 11.1 Å². The van der Waals surface area contributed by atoms with E-state index in [9.17, 15) is 13.6 Å². The highest BCUT2D eigenvalue weighted by Crippen LogP contribution is 2.19. The zero-order chi connectivity index (χ0) is 13.8. The quantitative estimate of drug-likeness (QED) is 0.885. The van der Waals surface area contributed by atoms with Crippen molar-refractivity contribution in [1.29, 1.82) is 0 Å². The monoisotopic (exact) mass is 283 g/mol. The lowest BCUT2D eigenvalue weighted by Gasteiger charge is -2.04. The normalized spacial score (nSPS) is 10.4. The second kappa shape index (κ2) is 5.79. The number of nitrogens with one attached hydrogen (secondary N) is 1. The molecule has 1 aromatic heterocycles. The number of thiophene rings is 1. The first kappa shape index (κ1) is 13.5. The molecule has 0 radical (unpaired) electrons. The SMILES string of the molecule is O=C(O)Cc1ccc(CNc2ccc(F)c(F)c2)s1. The smallest absolute Gasteiger partial charge is 0.308 e. The summed E-state index contributed by atoms with van der Waals surface area (Å²) in [5.74, 6) is -2.66. The van der Waals surface area contributed by atoms with Crippen molar-refractivity contribution in [2.45, 2.75) is 13.0 Å². The van der Waals surface area contributed by atoms with E-state index in [2.05, 4.69) is 5.32 Å². The number of aliphatic carboxylic acids is 1. The molecule has 0 aliphatic heterocycles. The topological polar surface area (TPSA) is 49.3 Å². The van der Waals surface area contributed by atoms with Crippen LogP contribution >= 0.6 is 11.3 Å². The third kappa shape index (κ3) is 3.75. The van der Waals surface area contributed by atoms with Gasteiger partial charge in [0, 0.05) is 28.1 Å². The fourth-order valence-corrected chi connectivity index (χ4v) is 2.51. The molecule has 19 heavy (non-hydrogen) atoms. The van der Waals surface area contributed by atoms with Crippen LogP contribution in [0.5, 0.6) is 0 Å². The zero-order valence-electron chi connectivity index (χ0n) is 9.82. The van der Waals surface area contributed by atoms with Crippen molar-refractivity contribution >= 4 is 23.0 Å². The van der Waals surface area contributed by atoms with Crippen LogP contribution in [0.3, 0.4) is 0 Å². The van der Waals surface area contributed by atoms with Gasteiger partial charge in [-0.25, -0.2) is 8.78 Å². The van der Waals surface area contributed by atoms with Crippen LogP contribution in [0.4, 0.5) is 14.5 Å². The summed E-state index contributed by atoms with van der Waals surface area (Å²) in [4.78, 5) is 12.2. The molecule has 100 valence electrons. The lowest BCUT2D eigenvalue weighted by molar-refractivity contribution is -0.136. The van der Waals surface area contributed by atoms with Gasteiger partial charge in [0.1, 0.15) is 0 Å². The molecule has 3 nitrogen and oxygen atoms in total. The van der Waals surface area contributed by atoms with Gasteiger partial charge < -0.3 is 10.4 Å². The molecular formula is C13H11F2NO2S. The third-order valence-electron chi connectivity index (χ3n) is 2.43. The molecule has 2 N–H and O–H groups in total. The highest BCUT2D eigenvalue weighted by atomic mass is 32.1. The Balaban J connectivity index is 1.96. The van der Waals surface area contributed by atoms with Crippen LogP contribution in [0.25, 0.3) is 0 Å². The van der Waals surface area contributed by atoms with Crippen LogP contribution in [0.15, 0.2) is 30.3 Å². The van der Waals surface area contributed by atoms with Crippen LogP contribution in [0, 0.1) is 11.6 Å². The number of halogens is 2. The van der Waals surface area contributed by atoms with Gasteiger partial charge in [-0.05, 0) is 24.3 Å². The van der Waals surface area contributed by atoms with Gasteiger partial charge in [-0.3, -0.25) is 4.79 Å². The highest BCUT2D eigenvalue weighted by Gasteiger charge is 2.06. The van der Waals surface area contributed by atoms with Crippen molar-refractivity contribution < 1.29 is 18.7 Å². The maximum Gasteiger partial charge on any atom is 0.308 e. The van der Waals surface area contributed by atoms with E-state index in [1.165, 1.54) is 17.4 Å². The summed E-state index contributed by atoms with van der Waals surface area (Å²) < 4.78 is 25.7. The zero-order valence-corrected chi connectivity index (χ0v) is 10.6. The summed E-state index contributed by atoms with van der Waals surface area (Å²) >= 11 is 1.38. The first-order chi connectivity index (χ1) is 9.04. The average Bonchev–Trinajstić information content (AvgIpc) is 2.77. The summed E-state index contributed by atoms with van der Waals surface area (Å²) in [5, 5.41) is 11.6. The van der Waals surface area contributed by atoms with Gasteiger partial charge in [0.05, 0.1) is 6.42 Å². The minimum Gasteiger partial charge on any atom is -0.481 e. The molecule has 0 saturated heterocycles. The summed E-state index contributed by atoms with van der Waals surface area (Å²) in [6, 6.07) is 7.16. The number of carboxylic acid groups (broad SMARTS) is 1. The van der Waals surface area contributed by atoms with Crippen molar-refractivity contribution in [1.82, 2.24) is 0 Å². The highest BCUT2D eigenvalue weighted by molar-refractivity contribution is 7.12. The summed E-state index contributed by atoms with van der Waals surface area (Å²) in [7, 11) is 0. The molecule has 0 spiro atoms. The lowest BCUT2D eigenvalue weighted by Crippen LogP contribution is -1.98.